The average molecular weight is 226 g/mol. The van der Waals surface area contributed by atoms with E-state index in [0.29, 0.717) is 6.42 Å². The summed E-state index contributed by atoms with van der Waals surface area (Å²) in [6.45, 7) is 3.94. The Bertz CT molecular complexity index is 310. The highest BCUT2D eigenvalue weighted by atomic mass is 32.1. The molecule has 84 valence electrons. The van der Waals surface area contributed by atoms with E-state index in [1.165, 1.54) is 4.88 Å². The second kappa shape index (κ2) is 5.28. The number of nitrogens with zero attached hydrogens (tertiary/aromatic N) is 1. The molecule has 1 unspecified atom stereocenters. The lowest BCUT2D eigenvalue weighted by atomic mass is 10.1. The molecule has 2 atom stereocenters. The van der Waals surface area contributed by atoms with Crippen LogP contribution in [0.1, 0.15) is 31.2 Å². The summed E-state index contributed by atoms with van der Waals surface area (Å²) in [5.74, 6) is 0.0124. The molecule has 1 amide bonds. The molecule has 1 aromatic heterocycles. The molecule has 0 saturated heterocycles. The molecule has 0 radical (unpaired) electrons. The van der Waals surface area contributed by atoms with Crippen LogP contribution in [0, 0.1) is 0 Å². The molecule has 3 nitrogen and oxygen atoms in total. The van der Waals surface area contributed by atoms with Crippen LogP contribution in [0.3, 0.4) is 0 Å². The van der Waals surface area contributed by atoms with Crippen LogP contribution < -0.4 is 5.73 Å². The molecular weight excluding hydrogens is 208 g/mol. The van der Waals surface area contributed by atoms with Gasteiger partial charge in [0, 0.05) is 11.9 Å². The number of nitrogens with two attached hydrogens (primary N) is 1. The maximum absolute atomic E-state index is 11.8. The summed E-state index contributed by atoms with van der Waals surface area (Å²) in [6.07, 6.45) is 0.681. The van der Waals surface area contributed by atoms with Gasteiger partial charge in [-0.15, -0.1) is 11.3 Å². The number of carbonyl (C=O) groups is 1. The first-order valence-electron chi connectivity index (χ1n) is 5.13. The standard InChI is InChI=1S/C11H18N2OS/c1-4-9(12)11(14)13(3)8(2)10-6-5-7-15-10/h5-9H,4,12H2,1-3H3/t8?,9-/m1/s1. The predicted octanol–water partition coefficient (Wildman–Crippen LogP) is 2.00. The van der Waals surface area contributed by atoms with Crippen molar-refractivity contribution in [3.8, 4) is 0 Å². The minimum absolute atomic E-state index is 0.0124. The fourth-order valence-electron chi connectivity index (χ4n) is 1.35. The SMILES string of the molecule is CC[C@@H](N)C(=O)N(C)C(C)c1cccs1. The van der Waals surface area contributed by atoms with E-state index in [0.717, 1.165) is 0 Å². The van der Waals surface area contributed by atoms with Gasteiger partial charge in [0.1, 0.15) is 0 Å². The molecule has 0 aromatic carbocycles. The molecule has 0 bridgehead atoms. The number of likely N-dealkylation sites (N-methyl/N-ethyl adjacent to an activating group) is 1. The van der Waals surface area contributed by atoms with Gasteiger partial charge < -0.3 is 10.6 Å². The van der Waals surface area contributed by atoms with Crippen molar-refractivity contribution in [1.29, 1.82) is 0 Å². The topological polar surface area (TPSA) is 46.3 Å². The Morgan fingerprint density at radius 2 is 2.33 bits per heavy atom. The van der Waals surface area contributed by atoms with Crippen molar-refractivity contribution < 1.29 is 4.79 Å². The first-order valence-corrected chi connectivity index (χ1v) is 6.01. The van der Waals surface area contributed by atoms with Crippen molar-refractivity contribution >= 4 is 17.2 Å². The van der Waals surface area contributed by atoms with Gasteiger partial charge in [-0.1, -0.05) is 13.0 Å². The first-order chi connectivity index (χ1) is 7.07. The molecule has 15 heavy (non-hydrogen) atoms. The Hall–Kier alpha value is -0.870. The van der Waals surface area contributed by atoms with Crippen LogP contribution in [-0.4, -0.2) is 23.9 Å². The zero-order valence-electron chi connectivity index (χ0n) is 9.43. The second-order valence-corrected chi connectivity index (χ2v) is 4.63. The number of carbonyl (C=O) groups excluding carboxylic acids is 1. The van der Waals surface area contributed by atoms with Crippen LogP contribution >= 0.6 is 11.3 Å². The molecule has 0 saturated carbocycles. The van der Waals surface area contributed by atoms with Crippen LogP contribution in [0.5, 0.6) is 0 Å². The van der Waals surface area contributed by atoms with E-state index in [1.807, 2.05) is 38.4 Å². The lowest BCUT2D eigenvalue weighted by Gasteiger charge is -2.26. The van der Waals surface area contributed by atoms with E-state index in [-0.39, 0.29) is 18.0 Å². The minimum Gasteiger partial charge on any atom is -0.337 e. The van der Waals surface area contributed by atoms with E-state index >= 15 is 0 Å². The number of thiophene rings is 1. The first kappa shape index (κ1) is 12.2. The van der Waals surface area contributed by atoms with Crippen molar-refractivity contribution in [1.82, 2.24) is 4.90 Å². The fraction of sp³-hybridized carbons (Fsp3) is 0.545. The minimum atomic E-state index is -0.377. The van der Waals surface area contributed by atoms with Gasteiger partial charge in [0.15, 0.2) is 0 Å². The third-order valence-corrected chi connectivity index (χ3v) is 3.68. The average Bonchev–Trinajstić information content (AvgIpc) is 2.78. The third-order valence-electron chi connectivity index (χ3n) is 2.64. The molecule has 2 N–H and O–H groups in total. The van der Waals surface area contributed by atoms with Gasteiger partial charge in [-0.25, -0.2) is 0 Å². The highest BCUT2D eigenvalue weighted by Gasteiger charge is 2.21. The fourth-order valence-corrected chi connectivity index (χ4v) is 2.17. The number of amides is 1. The van der Waals surface area contributed by atoms with Gasteiger partial charge >= 0.3 is 0 Å². The molecule has 4 heteroatoms. The highest BCUT2D eigenvalue weighted by Crippen LogP contribution is 2.23. The van der Waals surface area contributed by atoms with Gasteiger partial charge in [-0.2, -0.15) is 0 Å². The maximum Gasteiger partial charge on any atom is 0.239 e. The van der Waals surface area contributed by atoms with Gasteiger partial charge in [0.05, 0.1) is 12.1 Å². The highest BCUT2D eigenvalue weighted by molar-refractivity contribution is 7.10. The van der Waals surface area contributed by atoms with Crippen LogP contribution in [0.4, 0.5) is 0 Å². The van der Waals surface area contributed by atoms with Gasteiger partial charge in [0.2, 0.25) is 5.91 Å². The van der Waals surface area contributed by atoms with Crippen LogP contribution in [0.25, 0.3) is 0 Å². The Morgan fingerprint density at radius 3 is 2.80 bits per heavy atom. The van der Waals surface area contributed by atoms with Crippen LogP contribution in [0.15, 0.2) is 17.5 Å². The van der Waals surface area contributed by atoms with Crippen molar-refractivity contribution in [3.63, 3.8) is 0 Å². The number of hydrogen-bond acceptors (Lipinski definition) is 3. The Morgan fingerprint density at radius 1 is 1.67 bits per heavy atom. The van der Waals surface area contributed by atoms with E-state index in [4.69, 9.17) is 5.73 Å². The van der Waals surface area contributed by atoms with E-state index < -0.39 is 0 Å². The monoisotopic (exact) mass is 226 g/mol. The quantitative estimate of drug-likeness (QED) is 0.853. The Kier molecular flexibility index (Phi) is 4.29. The smallest absolute Gasteiger partial charge is 0.239 e. The second-order valence-electron chi connectivity index (χ2n) is 3.66. The zero-order valence-corrected chi connectivity index (χ0v) is 10.3. The largest absolute Gasteiger partial charge is 0.337 e. The Labute approximate surface area is 94.9 Å². The van der Waals surface area contributed by atoms with Gasteiger partial charge in [-0.05, 0) is 24.8 Å². The van der Waals surface area contributed by atoms with E-state index in [9.17, 15) is 4.79 Å². The van der Waals surface area contributed by atoms with Crippen molar-refractivity contribution in [3.05, 3.63) is 22.4 Å². The molecule has 0 aliphatic rings. The van der Waals surface area contributed by atoms with Crippen LogP contribution in [0.2, 0.25) is 0 Å². The van der Waals surface area contributed by atoms with Gasteiger partial charge in [0.25, 0.3) is 0 Å². The normalized spacial score (nSPS) is 14.7. The molecule has 0 aliphatic heterocycles. The third kappa shape index (κ3) is 2.79. The summed E-state index contributed by atoms with van der Waals surface area (Å²) in [5, 5.41) is 2.02. The summed E-state index contributed by atoms with van der Waals surface area (Å²) in [5.41, 5.74) is 5.72. The lowest BCUT2D eigenvalue weighted by Crippen LogP contribution is -2.42. The van der Waals surface area contributed by atoms with E-state index in [2.05, 4.69) is 0 Å². The molecule has 0 fully saturated rings. The summed E-state index contributed by atoms with van der Waals surface area (Å²) in [7, 11) is 1.81. The molecular formula is C11H18N2OS. The summed E-state index contributed by atoms with van der Waals surface area (Å²) in [4.78, 5) is 14.7. The zero-order chi connectivity index (χ0) is 11.4. The number of hydrogen-bond donors (Lipinski definition) is 1. The van der Waals surface area contributed by atoms with Crippen molar-refractivity contribution in [2.75, 3.05) is 7.05 Å². The molecule has 0 aliphatic carbocycles. The molecule has 1 aromatic rings. The molecule has 0 spiro atoms. The van der Waals surface area contributed by atoms with Crippen molar-refractivity contribution in [2.24, 2.45) is 5.73 Å². The van der Waals surface area contributed by atoms with E-state index in [1.54, 1.807) is 16.2 Å². The lowest BCUT2D eigenvalue weighted by molar-refractivity contribution is -0.133. The summed E-state index contributed by atoms with van der Waals surface area (Å²) in [6, 6.07) is 3.76. The molecule has 1 heterocycles. The maximum atomic E-state index is 11.8. The van der Waals surface area contributed by atoms with Crippen molar-refractivity contribution in [2.45, 2.75) is 32.4 Å². The number of rotatable bonds is 4. The summed E-state index contributed by atoms with van der Waals surface area (Å²) < 4.78 is 0. The van der Waals surface area contributed by atoms with Crippen LogP contribution in [-0.2, 0) is 4.79 Å². The van der Waals surface area contributed by atoms with Gasteiger partial charge in [-0.3, -0.25) is 4.79 Å². The summed E-state index contributed by atoms with van der Waals surface area (Å²) >= 11 is 1.66. The molecule has 1 rings (SSSR count). The predicted molar refractivity (Wildman–Crippen MR) is 63.8 cm³/mol. The Balaban J connectivity index is 2.68.